The minimum absolute atomic E-state index is 0.0271. The molecule has 5 aromatic rings. The van der Waals surface area contributed by atoms with Crippen molar-refractivity contribution in [2.24, 2.45) is 5.92 Å². The molecule has 0 aliphatic rings. The Morgan fingerprint density at radius 2 is 1.51 bits per heavy atom. The summed E-state index contributed by atoms with van der Waals surface area (Å²) in [5.41, 5.74) is 5.19. The van der Waals surface area contributed by atoms with Crippen molar-refractivity contribution in [3.63, 3.8) is 0 Å². The van der Waals surface area contributed by atoms with E-state index in [-0.39, 0.29) is 12.8 Å². The van der Waals surface area contributed by atoms with E-state index in [1.54, 1.807) is 19.2 Å². The van der Waals surface area contributed by atoms with Crippen LogP contribution in [0.4, 0.5) is 11.6 Å². The second kappa shape index (κ2) is 13.9. The molecule has 0 saturated heterocycles. The Morgan fingerprint density at radius 3 is 2.14 bits per heavy atom. The zero-order valence-electron chi connectivity index (χ0n) is 23.9. The van der Waals surface area contributed by atoms with E-state index in [9.17, 15) is 20.1 Å². The maximum Gasteiger partial charge on any atom is 0.309 e. The molecule has 0 spiro atoms. The lowest BCUT2D eigenvalue weighted by atomic mass is 9.92. The second-order valence-corrected chi connectivity index (χ2v) is 10.4. The van der Waals surface area contributed by atoms with Crippen molar-refractivity contribution in [1.29, 1.82) is 0 Å². The molecule has 0 fully saturated rings. The summed E-state index contributed by atoms with van der Waals surface area (Å²) in [6, 6.07) is 31.2. The van der Waals surface area contributed by atoms with Gasteiger partial charge in [0.2, 0.25) is 5.95 Å². The number of carbonyl (C=O) groups is 1. The van der Waals surface area contributed by atoms with Gasteiger partial charge in [0, 0.05) is 41.1 Å². The number of carboxylic acid groups (broad SMARTS) is 1. The maximum absolute atomic E-state index is 11.5. The molecule has 0 aliphatic carbocycles. The number of para-hydroxylation sites is 1. The van der Waals surface area contributed by atoms with Crippen molar-refractivity contribution in [1.82, 2.24) is 19.7 Å². The van der Waals surface area contributed by atoms with E-state index >= 15 is 0 Å². The minimum atomic E-state index is -1.14. The molecule has 0 bridgehead atoms. The Labute approximate surface area is 250 Å². The molecule has 1 unspecified atom stereocenters. The quantitative estimate of drug-likeness (QED) is 0.136. The van der Waals surface area contributed by atoms with Gasteiger partial charge in [-0.15, -0.1) is 0 Å². The number of hydrogen-bond acceptors (Lipinski definition) is 7. The third kappa shape index (κ3) is 7.14. The molecule has 9 nitrogen and oxygen atoms in total. The van der Waals surface area contributed by atoms with Crippen LogP contribution in [0.5, 0.6) is 0 Å². The van der Waals surface area contributed by atoms with Gasteiger partial charge in [-0.1, -0.05) is 85.8 Å². The monoisotopic (exact) mass is 577 g/mol. The Kier molecular flexibility index (Phi) is 9.56. The summed E-state index contributed by atoms with van der Waals surface area (Å²) >= 11 is 0. The Balaban J connectivity index is 1.55. The van der Waals surface area contributed by atoms with Gasteiger partial charge >= 0.3 is 5.97 Å². The number of hydrogen-bond donors (Lipinski definition) is 4. The van der Waals surface area contributed by atoms with E-state index < -0.39 is 24.1 Å². The molecule has 3 atom stereocenters. The highest BCUT2D eigenvalue weighted by Gasteiger charge is 2.28. The number of aliphatic hydroxyl groups is 2. The summed E-state index contributed by atoms with van der Waals surface area (Å²) in [5.74, 6) is -0.992. The van der Waals surface area contributed by atoms with Gasteiger partial charge in [0.25, 0.3) is 0 Å². The SMILES string of the molecule is CCC(C(=O)O)[C@H](O)C[C@H](O)CCc1c(-c2ccccc2)nn(-c2ccnc(Nc3ccccc3)n2)c1-c1ccccc1. The number of aromatic nitrogens is 4. The van der Waals surface area contributed by atoms with Crippen LogP contribution in [0.3, 0.4) is 0 Å². The van der Waals surface area contributed by atoms with Crippen molar-refractivity contribution >= 4 is 17.6 Å². The van der Waals surface area contributed by atoms with Crippen LogP contribution in [0.1, 0.15) is 31.7 Å². The normalized spacial score (nSPS) is 13.3. The minimum Gasteiger partial charge on any atom is -0.481 e. The Morgan fingerprint density at radius 1 is 0.884 bits per heavy atom. The molecule has 0 radical (unpaired) electrons. The molecule has 3 aromatic carbocycles. The number of carboxylic acids is 1. The highest BCUT2D eigenvalue weighted by molar-refractivity contribution is 5.76. The van der Waals surface area contributed by atoms with Gasteiger partial charge in [-0.25, -0.2) is 9.67 Å². The van der Waals surface area contributed by atoms with Crippen LogP contribution in [0.15, 0.2) is 103 Å². The number of aliphatic hydroxyl groups excluding tert-OH is 2. The number of benzene rings is 3. The van der Waals surface area contributed by atoms with Crippen molar-refractivity contribution in [3.8, 4) is 28.3 Å². The number of nitrogens with one attached hydrogen (secondary N) is 1. The zero-order chi connectivity index (χ0) is 30.2. The van der Waals surface area contributed by atoms with Gasteiger partial charge < -0.3 is 20.6 Å². The van der Waals surface area contributed by atoms with Crippen LogP contribution in [0.25, 0.3) is 28.3 Å². The Hall–Kier alpha value is -4.86. The van der Waals surface area contributed by atoms with Crippen LogP contribution >= 0.6 is 0 Å². The van der Waals surface area contributed by atoms with E-state index in [1.165, 1.54) is 0 Å². The maximum atomic E-state index is 11.5. The predicted molar refractivity (Wildman–Crippen MR) is 166 cm³/mol. The molecule has 220 valence electrons. The fourth-order valence-corrected chi connectivity index (χ4v) is 5.23. The largest absolute Gasteiger partial charge is 0.481 e. The van der Waals surface area contributed by atoms with Crippen molar-refractivity contribution < 1.29 is 20.1 Å². The molecule has 0 saturated carbocycles. The summed E-state index contributed by atoms with van der Waals surface area (Å²) in [6.07, 6.45) is 0.644. The van der Waals surface area contributed by atoms with Gasteiger partial charge in [0.05, 0.1) is 29.5 Å². The molecular weight excluding hydrogens is 542 g/mol. The smallest absolute Gasteiger partial charge is 0.309 e. The van der Waals surface area contributed by atoms with Gasteiger partial charge in [-0.3, -0.25) is 4.79 Å². The first kappa shape index (κ1) is 29.6. The lowest BCUT2D eigenvalue weighted by Gasteiger charge is -2.20. The molecule has 43 heavy (non-hydrogen) atoms. The zero-order valence-corrected chi connectivity index (χ0v) is 23.9. The third-order valence-electron chi connectivity index (χ3n) is 7.43. The van der Waals surface area contributed by atoms with Gasteiger partial charge in [0.1, 0.15) is 0 Å². The van der Waals surface area contributed by atoms with E-state index in [0.717, 1.165) is 33.8 Å². The lowest BCUT2D eigenvalue weighted by molar-refractivity contribution is -0.146. The van der Waals surface area contributed by atoms with Gasteiger partial charge in [-0.05, 0) is 31.4 Å². The molecule has 9 heteroatoms. The summed E-state index contributed by atoms with van der Waals surface area (Å²) in [6.45, 7) is 1.72. The van der Waals surface area contributed by atoms with E-state index in [1.807, 2.05) is 95.7 Å². The first-order valence-electron chi connectivity index (χ1n) is 14.4. The summed E-state index contributed by atoms with van der Waals surface area (Å²) < 4.78 is 1.81. The number of nitrogens with zero attached hydrogens (tertiary/aromatic N) is 4. The standard InChI is InChI=1S/C34H35N5O4/c1-2-27(33(42)43)29(41)22-26(40)18-19-28-31(23-12-6-3-7-13-23)38-39(32(28)24-14-8-4-9-15-24)30-20-21-35-34(37-30)36-25-16-10-5-11-17-25/h3-17,20-21,26-27,29,40-41H,2,18-19,22H2,1H3,(H,42,43)(H,35,36,37)/t26-,27?,29-/m1/s1. The molecule has 0 amide bonds. The van der Waals surface area contributed by atoms with Crippen LogP contribution in [-0.4, -0.2) is 53.2 Å². The fraction of sp³-hybridized carbons (Fsp3) is 0.235. The van der Waals surface area contributed by atoms with E-state index in [0.29, 0.717) is 24.6 Å². The number of anilines is 2. The lowest BCUT2D eigenvalue weighted by Crippen LogP contribution is -2.31. The van der Waals surface area contributed by atoms with Crippen molar-refractivity contribution in [2.45, 2.75) is 44.8 Å². The van der Waals surface area contributed by atoms with Crippen molar-refractivity contribution in [2.75, 3.05) is 5.32 Å². The predicted octanol–water partition coefficient (Wildman–Crippen LogP) is 5.90. The number of rotatable bonds is 13. The fourth-order valence-electron chi connectivity index (χ4n) is 5.23. The second-order valence-electron chi connectivity index (χ2n) is 10.4. The summed E-state index contributed by atoms with van der Waals surface area (Å²) in [4.78, 5) is 20.7. The topological polar surface area (TPSA) is 133 Å². The van der Waals surface area contributed by atoms with Crippen LogP contribution in [0.2, 0.25) is 0 Å². The average molecular weight is 578 g/mol. The van der Waals surface area contributed by atoms with E-state index in [4.69, 9.17) is 10.1 Å². The van der Waals surface area contributed by atoms with Gasteiger partial charge in [-0.2, -0.15) is 10.1 Å². The average Bonchev–Trinajstić information content (AvgIpc) is 3.41. The van der Waals surface area contributed by atoms with Crippen LogP contribution in [-0.2, 0) is 11.2 Å². The van der Waals surface area contributed by atoms with Gasteiger partial charge in [0.15, 0.2) is 5.82 Å². The third-order valence-corrected chi connectivity index (χ3v) is 7.43. The highest BCUT2D eigenvalue weighted by atomic mass is 16.4. The number of aliphatic carboxylic acids is 1. The molecule has 0 aliphatic heterocycles. The first-order chi connectivity index (χ1) is 20.9. The molecule has 2 aromatic heterocycles. The highest BCUT2D eigenvalue weighted by Crippen LogP contribution is 2.35. The molecule has 5 rings (SSSR count). The molecule has 2 heterocycles. The van der Waals surface area contributed by atoms with E-state index in [2.05, 4.69) is 10.3 Å². The van der Waals surface area contributed by atoms with Crippen LogP contribution in [0, 0.1) is 5.92 Å². The Bertz CT molecular complexity index is 1630. The van der Waals surface area contributed by atoms with Crippen molar-refractivity contribution in [3.05, 3.63) is 109 Å². The molecule has 4 N–H and O–H groups in total. The van der Waals surface area contributed by atoms with Crippen LogP contribution < -0.4 is 5.32 Å². The molecular formula is C34H35N5O4. The first-order valence-corrected chi connectivity index (χ1v) is 14.4. The summed E-state index contributed by atoms with van der Waals surface area (Å²) in [7, 11) is 0. The summed E-state index contributed by atoms with van der Waals surface area (Å²) in [5, 5.41) is 39.2.